The number of aryl methyl sites for hydroxylation is 1. The lowest BCUT2D eigenvalue weighted by atomic mass is 10.1. The highest BCUT2D eigenvalue weighted by Gasteiger charge is 2.32. The van der Waals surface area contributed by atoms with Crippen molar-refractivity contribution in [2.75, 3.05) is 30.9 Å². The maximum atomic E-state index is 12.7. The van der Waals surface area contributed by atoms with Gasteiger partial charge in [-0.2, -0.15) is 0 Å². The van der Waals surface area contributed by atoms with E-state index in [0.717, 1.165) is 23.4 Å². The van der Waals surface area contributed by atoms with Crippen LogP contribution in [0, 0.1) is 6.92 Å². The normalized spacial score (nSPS) is 16.8. The van der Waals surface area contributed by atoms with Crippen LogP contribution < -0.4 is 10.2 Å². The smallest absolute Gasteiger partial charge is 0.253 e. The average molecular weight is 337 g/mol. The van der Waals surface area contributed by atoms with Crippen LogP contribution in [0.5, 0.6) is 0 Å². The number of rotatable bonds is 4. The summed E-state index contributed by atoms with van der Waals surface area (Å²) < 4.78 is 0. The number of hydrogen-bond donors (Lipinski definition) is 1. The van der Waals surface area contributed by atoms with Gasteiger partial charge in [-0.25, -0.2) is 0 Å². The maximum absolute atomic E-state index is 12.7. The van der Waals surface area contributed by atoms with Crippen LogP contribution in [0.3, 0.4) is 0 Å². The van der Waals surface area contributed by atoms with Gasteiger partial charge in [-0.3, -0.25) is 9.59 Å². The summed E-state index contributed by atoms with van der Waals surface area (Å²) >= 11 is 0. The number of carbonyl (C=O) groups is 2. The van der Waals surface area contributed by atoms with Gasteiger partial charge < -0.3 is 15.1 Å². The highest BCUT2D eigenvalue weighted by molar-refractivity contribution is 6.01. The van der Waals surface area contributed by atoms with E-state index < -0.39 is 0 Å². The predicted molar refractivity (Wildman–Crippen MR) is 100 cm³/mol. The van der Waals surface area contributed by atoms with Gasteiger partial charge in [0.05, 0.1) is 0 Å². The van der Waals surface area contributed by atoms with Crippen molar-refractivity contribution in [3.63, 3.8) is 0 Å². The van der Waals surface area contributed by atoms with Crippen molar-refractivity contribution in [2.24, 2.45) is 0 Å². The fraction of sp³-hybridized carbons (Fsp3) is 0.300. The monoisotopic (exact) mass is 337 g/mol. The third-order valence-corrected chi connectivity index (χ3v) is 4.48. The zero-order valence-electron chi connectivity index (χ0n) is 14.8. The number of benzene rings is 2. The zero-order valence-corrected chi connectivity index (χ0v) is 14.8. The summed E-state index contributed by atoms with van der Waals surface area (Å²) in [6.07, 6.45) is 0.755. The van der Waals surface area contributed by atoms with E-state index in [4.69, 9.17) is 0 Å². The zero-order chi connectivity index (χ0) is 18.0. The Hall–Kier alpha value is -2.82. The van der Waals surface area contributed by atoms with Gasteiger partial charge in [0.25, 0.3) is 5.91 Å². The molecule has 1 aliphatic rings. The number of anilines is 2. The third-order valence-electron chi connectivity index (χ3n) is 4.48. The minimum absolute atomic E-state index is 0.0174. The highest BCUT2D eigenvalue weighted by Crippen LogP contribution is 2.24. The molecule has 2 amide bonds. The molecule has 0 aliphatic carbocycles. The molecule has 5 heteroatoms. The number of nitrogens with one attached hydrogen (secondary N) is 1. The van der Waals surface area contributed by atoms with E-state index in [1.807, 2.05) is 60.4 Å². The van der Waals surface area contributed by atoms with E-state index in [1.165, 1.54) is 0 Å². The molecule has 1 atom stereocenters. The number of para-hydroxylation sites is 1. The van der Waals surface area contributed by atoms with E-state index >= 15 is 0 Å². The quantitative estimate of drug-likeness (QED) is 0.933. The first-order chi connectivity index (χ1) is 12.0. The van der Waals surface area contributed by atoms with E-state index in [2.05, 4.69) is 5.32 Å². The molecule has 2 aromatic carbocycles. The average Bonchev–Trinajstić information content (AvgIpc) is 2.96. The Morgan fingerprint density at radius 3 is 2.52 bits per heavy atom. The SMILES string of the molecule is Cc1cc(N[C@H]2CCN(c3ccccc3)C2=O)ccc1C(=O)N(C)C. The summed E-state index contributed by atoms with van der Waals surface area (Å²) in [7, 11) is 3.48. The molecular weight excluding hydrogens is 314 g/mol. The van der Waals surface area contributed by atoms with E-state index in [9.17, 15) is 9.59 Å². The van der Waals surface area contributed by atoms with Crippen LogP contribution in [-0.4, -0.2) is 43.4 Å². The number of hydrogen-bond acceptors (Lipinski definition) is 3. The first kappa shape index (κ1) is 17.0. The van der Waals surface area contributed by atoms with E-state index in [1.54, 1.807) is 19.0 Å². The van der Waals surface area contributed by atoms with Crippen LogP contribution >= 0.6 is 0 Å². The summed E-state index contributed by atoms with van der Waals surface area (Å²) in [4.78, 5) is 28.2. The standard InChI is InChI=1S/C20H23N3O2/c1-14-13-15(9-10-17(14)19(24)22(2)3)21-18-11-12-23(20(18)25)16-7-5-4-6-8-16/h4-10,13,18,21H,11-12H2,1-3H3/t18-/m0/s1. The topological polar surface area (TPSA) is 52.7 Å². The van der Waals surface area contributed by atoms with Gasteiger partial charge in [-0.1, -0.05) is 18.2 Å². The Kier molecular flexibility index (Phi) is 4.74. The van der Waals surface area contributed by atoms with Gasteiger partial charge >= 0.3 is 0 Å². The molecule has 130 valence electrons. The van der Waals surface area contributed by atoms with Crippen LogP contribution in [0.15, 0.2) is 48.5 Å². The third kappa shape index (κ3) is 3.50. The maximum Gasteiger partial charge on any atom is 0.253 e. The van der Waals surface area contributed by atoms with Gasteiger partial charge in [0.15, 0.2) is 0 Å². The van der Waals surface area contributed by atoms with Gasteiger partial charge in [-0.15, -0.1) is 0 Å². The van der Waals surface area contributed by atoms with E-state index in [-0.39, 0.29) is 17.9 Å². The lowest BCUT2D eigenvalue weighted by Crippen LogP contribution is -2.33. The Balaban J connectivity index is 1.72. The second kappa shape index (κ2) is 6.97. The Labute approximate surface area is 148 Å². The second-order valence-corrected chi connectivity index (χ2v) is 6.54. The number of carbonyl (C=O) groups excluding carboxylic acids is 2. The molecule has 0 spiro atoms. The van der Waals surface area contributed by atoms with Crippen molar-refractivity contribution in [1.29, 1.82) is 0 Å². The van der Waals surface area contributed by atoms with Crippen molar-refractivity contribution < 1.29 is 9.59 Å². The molecule has 5 nitrogen and oxygen atoms in total. The van der Waals surface area contributed by atoms with Gasteiger partial charge in [0.1, 0.15) is 6.04 Å². The highest BCUT2D eigenvalue weighted by atomic mass is 16.2. The Morgan fingerprint density at radius 1 is 1.16 bits per heavy atom. The molecule has 1 saturated heterocycles. The van der Waals surface area contributed by atoms with Gasteiger partial charge in [0, 0.05) is 37.6 Å². The van der Waals surface area contributed by atoms with Crippen LogP contribution in [-0.2, 0) is 4.79 Å². The molecule has 3 rings (SSSR count). The molecule has 2 aromatic rings. The largest absolute Gasteiger partial charge is 0.374 e. The summed E-state index contributed by atoms with van der Waals surface area (Å²) in [6.45, 7) is 2.62. The molecule has 0 unspecified atom stereocenters. The fourth-order valence-corrected chi connectivity index (χ4v) is 3.11. The summed E-state index contributed by atoms with van der Waals surface area (Å²) in [6, 6.07) is 15.1. The van der Waals surface area contributed by atoms with Crippen LogP contribution in [0.1, 0.15) is 22.3 Å². The number of amides is 2. The molecule has 0 aromatic heterocycles. The summed E-state index contributed by atoms with van der Waals surface area (Å²) in [5.74, 6) is 0.0635. The predicted octanol–water partition coefficient (Wildman–Crippen LogP) is 2.91. The molecule has 1 aliphatic heterocycles. The lowest BCUT2D eigenvalue weighted by molar-refractivity contribution is -0.117. The van der Waals surface area contributed by atoms with Crippen molar-refractivity contribution >= 4 is 23.2 Å². The van der Waals surface area contributed by atoms with Crippen molar-refractivity contribution in [2.45, 2.75) is 19.4 Å². The molecular formula is C20H23N3O2. The Morgan fingerprint density at radius 2 is 1.88 bits per heavy atom. The minimum Gasteiger partial charge on any atom is -0.374 e. The first-order valence-corrected chi connectivity index (χ1v) is 8.42. The van der Waals surface area contributed by atoms with Crippen LogP contribution in [0.4, 0.5) is 11.4 Å². The molecule has 1 N–H and O–H groups in total. The van der Waals surface area contributed by atoms with Crippen LogP contribution in [0.2, 0.25) is 0 Å². The lowest BCUT2D eigenvalue weighted by Gasteiger charge is -2.18. The van der Waals surface area contributed by atoms with Crippen molar-refractivity contribution in [3.8, 4) is 0 Å². The van der Waals surface area contributed by atoms with E-state index in [0.29, 0.717) is 12.1 Å². The first-order valence-electron chi connectivity index (χ1n) is 8.42. The summed E-state index contributed by atoms with van der Waals surface area (Å²) in [5.41, 5.74) is 3.37. The minimum atomic E-state index is -0.241. The van der Waals surface area contributed by atoms with Crippen molar-refractivity contribution in [1.82, 2.24) is 4.90 Å². The molecule has 0 radical (unpaired) electrons. The summed E-state index contributed by atoms with van der Waals surface area (Å²) in [5, 5.41) is 3.31. The Bertz CT molecular complexity index is 787. The van der Waals surface area contributed by atoms with Crippen molar-refractivity contribution in [3.05, 3.63) is 59.7 Å². The molecule has 0 bridgehead atoms. The van der Waals surface area contributed by atoms with Crippen LogP contribution in [0.25, 0.3) is 0 Å². The fourth-order valence-electron chi connectivity index (χ4n) is 3.11. The van der Waals surface area contributed by atoms with Gasteiger partial charge in [-0.05, 0) is 49.2 Å². The molecule has 25 heavy (non-hydrogen) atoms. The number of nitrogens with zero attached hydrogens (tertiary/aromatic N) is 2. The molecule has 1 heterocycles. The van der Waals surface area contributed by atoms with Gasteiger partial charge in [0.2, 0.25) is 5.91 Å². The second-order valence-electron chi connectivity index (χ2n) is 6.54. The molecule has 0 saturated carbocycles. The molecule has 1 fully saturated rings.